The van der Waals surface area contributed by atoms with Gasteiger partial charge in [0, 0.05) is 5.38 Å². The van der Waals surface area contributed by atoms with Gasteiger partial charge in [0.05, 0.1) is 17.0 Å². The van der Waals surface area contributed by atoms with E-state index in [0.29, 0.717) is 5.75 Å². The standard InChI is InChI=1S/C18H21F3N2O3S2/c1-2-15(17-22-16(11-27-17)18(19,20)21)23-28(24,25)14-9-7-13(8-10-14)26-12-5-3-4-6-12/h7-12,15,23H,2-6H2,1H3. The van der Waals surface area contributed by atoms with Crippen LogP contribution in [0.3, 0.4) is 0 Å². The molecule has 2 aromatic rings. The summed E-state index contributed by atoms with van der Waals surface area (Å²) in [5.74, 6) is 0.604. The van der Waals surface area contributed by atoms with Crippen LogP contribution in [0.1, 0.15) is 55.8 Å². The van der Waals surface area contributed by atoms with Gasteiger partial charge >= 0.3 is 6.18 Å². The first kappa shape index (κ1) is 21.1. The Morgan fingerprint density at radius 2 is 1.89 bits per heavy atom. The minimum absolute atomic E-state index is 0.0253. The summed E-state index contributed by atoms with van der Waals surface area (Å²) < 4.78 is 71.8. The first-order valence-corrected chi connectivity index (χ1v) is 11.4. The van der Waals surface area contributed by atoms with Gasteiger partial charge in [0.2, 0.25) is 10.0 Å². The molecule has 1 fully saturated rings. The van der Waals surface area contributed by atoms with E-state index in [9.17, 15) is 21.6 Å². The van der Waals surface area contributed by atoms with E-state index in [0.717, 1.165) is 42.4 Å². The Bertz CT molecular complexity index is 890. The number of aromatic nitrogens is 1. The van der Waals surface area contributed by atoms with Gasteiger partial charge in [-0.2, -0.15) is 13.2 Å². The molecule has 1 heterocycles. The lowest BCUT2D eigenvalue weighted by molar-refractivity contribution is -0.140. The van der Waals surface area contributed by atoms with Crippen LogP contribution in [-0.2, 0) is 16.2 Å². The summed E-state index contributed by atoms with van der Waals surface area (Å²) in [6, 6.07) is 5.23. The highest BCUT2D eigenvalue weighted by Gasteiger charge is 2.35. The maximum Gasteiger partial charge on any atom is 0.434 e. The maximum atomic E-state index is 12.7. The third-order valence-electron chi connectivity index (χ3n) is 4.56. The molecular weight excluding hydrogens is 413 g/mol. The van der Waals surface area contributed by atoms with Crippen LogP contribution < -0.4 is 9.46 Å². The monoisotopic (exact) mass is 434 g/mol. The van der Waals surface area contributed by atoms with Crippen molar-refractivity contribution in [3.8, 4) is 5.75 Å². The lowest BCUT2D eigenvalue weighted by atomic mass is 10.2. The zero-order valence-electron chi connectivity index (χ0n) is 15.2. The molecule has 0 spiro atoms. The van der Waals surface area contributed by atoms with Gasteiger partial charge in [0.25, 0.3) is 0 Å². The number of hydrogen-bond acceptors (Lipinski definition) is 5. The highest BCUT2D eigenvalue weighted by atomic mass is 32.2. The van der Waals surface area contributed by atoms with Gasteiger partial charge in [-0.25, -0.2) is 18.1 Å². The summed E-state index contributed by atoms with van der Waals surface area (Å²) in [4.78, 5) is 3.57. The minimum atomic E-state index is -4.55. The first-order chi connectivity index (χ1) is 13.2. The summed E-state index contributed by atoms with van der Waals surface area (Å²) in [5.41, 5.74) is -1.02. The normalized spacial score (nSPS) is 17.0. The Labute approximate surface area is 166 Å². The fourth-order valence-corrected chi connectivity index (χ4v) is 5.36. The van der Waals surface area contributed by atoms with Crippen LogP contribution in [0, 0.1) is 0 Å². The molecule has 154 valence electrons. The summed E-state index contributed by atoms with van der Waals surface area (Å²) >= 11 is 0.787. The molecule has 0 aliphatic heterocycles. The van der Waals surface area contributed by atoms with Crippen LogP contribution in [0.5, 0.6) is 5.75 Å². The van der Waals surface area contributed by atoms with E-state index >= 15 is 0 Å². The van der Waals surface area contributed by atoms with Gasteiger partial charge in [0.15, 0.2) is 5.69 Å². The molecular formula is C18H21F3N2O3S2. The number of rotatable bonds is 7. The van der Waals surface area contributed by atoms with Gasteiger partial charge in [0.1, 0.15) is 10.8 Å². The molecule has 1 unspecified atom stereocenters. The van der Waals surface area contributed by atoms with Crippen molar-refractivity contribution in [1.82, 2.24) is 9.71 Å². The number of benzene rings is 1. The molecule has 0 bridgehead atoms. The molecule has 1 aliphatic rings. The van der Waals surface area contributed by atoms with Crippen molar-refractivity contribution in [2.45, 2.75) is 62.2 Å². The molecule has 5 nitrogen and oxygen atoms in total. The number of thiazole rings is 1. The smallest absolute Gasteiger partial charge is 0.434 e. The quantitative estimate of drug-likeness (QED) is 0.672. The SMILES string of the molecule is CCC(NS(=O)(=O)c1ccc(OC2CCCC2)cc1)c1nc(C(F)(F)F)cs1. The Balaban J connectivity index is 1.71. The van der Waals surface area contributed by atoms with E-state index in [4.69, 9.17) is 4.74 Å². The Morgan fingerprint density at radius 1 is 1.25 bits per heavy atom. The molecule has 10 heteroatoms. The van der Waals surface area contributed by atoms with Crippen molar-refractivity contribution in [3.05, 3.63) is 40.3 Å². The fraction of sp³-hybridized carbons (Fsp3) is 0.500. The second-order valence-corrected chi connectivity index (χ2v) is 9.25. The number of hydrogen-bond donors (Lipinski definition) is 1. The molecule has 1 saturated carbocycles. The fourth-order valence-electron chi connectivity index (χ4n) is 3.04. The van der Waals surface area contributed by atoms with Crippen molar-refractivity contribution in [2.24, 2.45) is 0 Å². The highest BCUT2D eigenvalue weighted by Crippen LogP contribution is 2.33. The van der Waals surface area contributed by atoms with Crippen LogP contribution in [0.25, 0.3) is 0 Å². The van der Waals surface area contributed by atoms with Gasteiger partial charge in [-0.05, 0) is 56.4 Å². The third-order valence-corrected chi connectivity index (χ3v) is 7.00. The predicted molar refractivity (Wildman–Crippen MR) is 99.8 cm³/mol. The molecule has 0 radical (unpaired) electrons. The first-order valence-electron chi connectivity index (χ1n) is 9.00. The van der Waals surface area contributed by atoms with E-state index in [1.807, 2.05) is 0 Å². The number of ether oxygens (including phenoxy) is 1. The lowest BCUT2D eigenvalue weighted by Gasteiger charge is -2.16. The zero-order chi connectivity index (χ0) is 20.4. The van der Waals surface area contributed by atoms with Gasteiger partial charge in [-0.1, -0.05) is 6.92 Å². The molecule has 0 saturated heterocycles. The Hall–Kier alpha value is -1.65. The number of nitrogens with zero attached hydrogens (tertiary/aromatic N) is 1. The average molecular weight is 435 g/mol. The lowest BCUT2D eigenvalue weighted by Crippen LogP contribution is -2.28. The highest BCUT2D eigenvalue weighted by molar-refractivity contribution is 7.89. The van der Waals surface area contributed by atoms with E-state index in [1.165, 1.54) is 12.1 Å². The molecule has 28 heavy (non-hydrogen) atoms. The molecule has 3 rings (SSSR count). The summed E-state index contributed by atoms with van der Waals surface area (Å²) in [5, 5.41) is 0.973. The predicted octanol–water partition coefficient (Wildman–Crippen LogP) is 4.91. The van der Waals surface area contributed by atoms with Crippen LogP contribution in [0.2, 0.25) is 0 Å². The molecule has 1 aromatic heterocycles. The number of alkyl halides is 3. The van der Waals surface area contributed by atoms with Crippen LogP contribution in [0.4, 0.5) is 13.2 Å². The van der Waals surface area contributed by atoms with Crippen molar-refractivity contribution >= 4 is 21.4 Å². The van der Waals surface area contributed by atoms with Crippen LogP contribution in [0.15, 0.2) is 34.5 Å². The second-order valence-electron chi connectivity index (χ2n) is 6.65. The molecule has 1 atom stereocenters. The van der Waals surface area contributed by atoms with Crippen molar-refractivity contribution in [3.63, 3.8) is 0 Å². The van der Waals surface area contributed by atoms with E-state index < -0.39 is 27.9 Å². The van der Waals surface area contributed by atoms with E-state index in [1.54, 1.807) is 19.1 Å². The molecule has 1 aromatic carbocycles. The van der Waals surface area contributed by atoms with Gasteiger partial charge < -0.3 is 4.74 Å². The van der Waals surface area contributed by atoms with Gasteiger partial charge in [-0.15, -0.1) is 11.3 Å². The third kappa shape index (κ3) is 5.03. The van der Waals surface area contributed by atoms with E-state index in [-0.39, 0.29) is 22.4 Å². The average Bonchev–Trinajstić information content (AvgIpc) is 3.31. The minimum Gasteiger partial charge on any atom is -0.490 e. The molecule has 1 aliphatic carbocycles. The van der Waals surface area contributed by atoms with Crippen molar-refractivity contribution in [2.75, 3.05) is 0 Å². The number of nitrogens with one attached hydrogen (secondary N) is 1. The van der Waals surface area contributed by atoms with Crippen molar-refractivity contribution in [1.29, 1.82) is 0 Å². The molecule has 1 N–H and O–H groups in total. The number of sulfonamides is 1. The Morgan fingerprint density at radius 3 is 2.43 bits per heavy atom. The van der Waals surface area contributed by atoms with E-state index in [2.05, 4.69) is 9.71 Å². The molecule has 0 amide bonds. The number of halogens is 3. The maximum absolute atomic E-state index is 12.7. The Kier molecular flexibility index (Phi) is 6.31. The summed E-state index contributed by atoms with van der Waals surface area (Å²) in [6.07, 6.45) is 0.130. The second kappa shape index (κ2) is 8.38. The summed E-state index contributed by atoms with van der Waals surface area (Å²) in [6.45, 7) is 1.68. The van der Waals surface area contributed by atoms with Crippen LogP contribution in [-0.4, -0.2) is 19.5 Å². The van der Waals surface area contributed by atoms with Gasteiger partial charge in [-0.3, -0.25) is 0 Å². The zero-order valence-corrected chi connectivity index (χ0v) is 16.8. The van der Waals surface area contributed by atoms with Crippen molar-refractivity contribution < 1.29 is 26.3 Å². The topological polar surface area (TPSA) is 68.3 Å². The largest absolute Gasteiger partial charge is 0.490 e. The summed E-state index contributed by atoms with van der Waals surface area (Å²) in [7, 11) is -3.91. The van der Waals surface area contributed by atoms with Crippen LogP contribution >= 0.6 is 11.3 Å².